The van der Waals surface area contributed by atoms with E-state index in [4.69, 9.17) is 23.2 Å². The Bertz CT molecular complexity index is 1270. The Morgan fingerprint density at radius 3 is 2.48 bits per heavy atom. The number of rotatable bonds is 6. The Hall–Kier alpha value is -3.01. The smallest absolute Gasteiger partial charge is 0.250 e. The number of benzene rings is 2. The highest BCUT2D eigenvalue weighted by Crippen LogP contribution is 2.33. The summed E-state index contributed by atoms with van der Waals surface area (Å²) in [6, 6.07) is 10.5. The fourth-order valence-corrected chi connectivity index (χ4v) is 3.99. The molecule has 2 aromatic carbocycles. The third-order valence-corrected chi connectivity index (χ3v) is 5.63. The number of carbonyl (C=O) groups excluding carboxylic acids is 2. The Balaban J connectivity index is 1.39. The van der Waals surface area contributed by atoms with Crippen molar-refractivity contribution in [1.82, 2.24) is 14.6 Å². The van der Waals surface area contributed by atoms with Crippen molar-refractivity contribution < 1.29 is 14.0 Å². The van der Waals surface area contributed by atoms with Crippen molar-refractivity contribution in [3.8, 4) is 11.3 Å². The number of nitrogens with one attached hydrogen (secondary N) is 2. The SMILES string of the molecule is O=C(CCC(=O)Nc1nc2scc(-c3cc(Cl)ccc3Cl)n2n1)Nc1ccc(F)cc1. The molecule has 31 heavy (non-hydrogen) atoms. The monoisotopic (exact) mass is 477 g/mol. The number of aromatic nitrogens is 3. The molecule has 158 valence electrons. The van der Waals surface area contributed by atoms with Crippen LogP contribution in [0.5, 0.6) is 0 Å². The molecule has 2 heterocycles. The quantitative estimate of drug-likeness (QED) is 0.396. The van der Waals surface area contributed by atoms with Gasteiger partial charge in [0.05, 0.1) is 10.7 Å². The minimum Gasteiger partial charge on any atom is -0.326 e. The minimum absolute atomic E-state index is 0.0468. The van der Waals surface area contributed by atoms with E-state index in [2.05, 4.69) is 20.7 Å². The molecule has 2 N–H and O–H groups in total. The molecule has 0 bridgehead atoms. The van der Waals surface area contributed by atoms with Gasteiger partial charge in [-0.1, -0.05) is 23.2 Å². The zero-order valence-corrected chi connectivity index (χ0v) is 18.1. The summed E-state index contributed by atoms with van der Waals surface area (Å²) in [6.07, 6.45) is -0.109. The molecule has 0 aliphatic heterocycles. The first-order chi connectivity index (χ1) is 14.9. The summed E-state index contributed by atoms with van der Waals surface area (Å²) in [7, 11) is 0. The molecule has 2 amide bonds. The van der Waals surface area contributed by atoms with Gasteiger partial charge in [-0.05, 0) is 42.5 Å². The summed E-state index contributed by atoms with van der Waals surface area (Å²) < 4.78 is 14.5. The van der Waals surface area contributed by atoms with Gasteiger partial charge in [0, 0.05) is 34.5 Å². The molecule has 0 atom stereocenters. The molecular weight excluding hydrogens is 464 g/mol. The van der Waals surface area contributed by atoms with Crippen LogP contribution in [-0.4, -0.2) is 26.4 Å². The number of anilines is 2. The predicted octanol–water partition coefficient (Wildman–Crippen LogP) is 5.26. The van der Waals surface area contributed by atoms with Crippen LogP contribution in [0, 0.1) is 5.82 Å². The van der Waals surface area contributed by atoms with Crippen molar-refractivity contribution in [1.29, 1.82) is 0 Å². The fraction of sp³-hybridized carbons (Fsp3) is 0.100. The van der Waals surface area contributed by atoms with Crippen molar-refractivity contribution >= 4 is 62.9 Å². The second kappa shape index (κ2) is 9.01. The van der Waals surface area contributed by atoms with E-state index < -0.39 is 11.7 Å². The summed E-state index contributed by atoms with van der Waals surface area (Å²) in [6.45, 7) is 0. The maximum atomic E-state index is 12.9. The summed E-state index contributed by atoms with van der Waals surface area (Å²) in [5, 5.41) is 12.4. The molecule has 4 aromatic rings. The van der Waals surface area contributed by atoms with Crippen molar-refractivity contribution in [3.05, 3.63) is 63.7 Å². The molecule has 11 heteroatoms. The average Bonchev–Trinajstić information content (AvgIpc) is 3.30. The van der Waals surface area contributed by atoms with E-state index in [0.29, 0.717) is 32.0 Å². The van der Waals surface area contributed by atoms with Gasteiger partial charge in [0.15, 0.2) is 0 Å². The van der Waals surface area contributed by atoms with E-state index in [9.17, 15) is 14.0 Å². The van der Waals surface area contributed by atoms with Gasteiger partial charge in [0.2, 0.25) is 22.7 Å². The van der Waals surface area contributed by atoms with Gasteiger partial charge < -0.3 is 5.32 Å². The van der Waals surface area contributed by atoms with Crippen molar-refractivity contribution in [2.45, 2.75) is 12.8 Å². The van der Waals surface area contributed by atoms with Crippen LogP contribution in [-0.2, 0) is 9.59 Å². The first-order valence-corrected chi connectivity index (χ1v) is 10.7. The summed E-state index contributed by atoms with van der Waals surface area (Å²) in [5.74, 6) is -1.05. The van der Waals surface area contributed by atoms with E-state index in [-0.39, 0.29) is 24.7 Å². The Kier molecular flexibility index (Phi) is 6.17. The predicted molar refractivity (Wildman–Crippen MR) is 119 cm³/mol. The molecule has 0 unspecified atom stereocenters. The van der Waals surface area contributed by atoms with Crippen LogP contribution in [0.2, 0.25) is 10.0 Å². The highest BCUT2D eigenvalue weighted by Gasteiger charge is 2.16. The maximum absolute atomic E-state index is 12.9. The van der Waals surface area contributed by atoms with E-state index >= 15 is 0 Å². The number of thiazole rings is 1. The van der Waals surface area contributed by atoms with Crippen LogP contribution in [0.15, 0.2) is 47.8 Å². The Labute approximate surface area is 189 Å². The first-order valence-electron chi connectivity index (χ1n) is 9.04. The zero-order valence-electron chi connectivity index (χ0n) is 15.7. The van der Waals surface area contributed by atoms with Crippen LogP contribution < -0.4 is 10.6 Å². The lowest BCUT2D eigenvalue weighted by Gasteiger charge is -2.05. The molecule has 0 saturated heterocycles. The number of hydrogen-bond donors (Lipinski definition) is 2. The van der Waals surface area contributed by atoms with E-state index in [1.54, 1.807) is 22.7 Å². The average molecular weight is 478 g/mol. The van der Waals surface area contributed by atoms with Crippen molar-refractivity contribution in [2.75, 3.05) is 10.6 Å². The molecule has 0 saturated carbocycles. The third-order valence-electron chi connectivity index (χ3n) is 4.24. The molecule has 0 spiro atoms. The maximum Gasteiger partial charge on any atom is 0.250 e. The molecule has 0 fully saturated rings. The number of amides is 2. The number of hydrogen-bond acceptors (Lipinski definition) is 5. The van der Waals surface area contributed by atoms with Gasteiger partial charge in [-0.3, -0.25) is 14.9 Å². The number of carbonyl (C=O) groups is 2. The van der Waals surface area contributed by atoms with Gasteiger partial charge in [-0.15, -0.1) is 16.4 Å². The third kappa shape index (κ3) is 5.01. The van der Waals surface area contributed by atoms with Crippen LogP contribution in [0.25, 0.3) is 16.2 Å². The normalized spacial score (nSPS) is 10.9. The van der Waals surface area contributed by atoms with Crippen molar-refractivity contribution in [3.63, 3.8) is 0 Å². The van der Waals surface area contributed by atoms with Gasteiger partial charge >= 0.3 is 0 Å². The van der Waals surface area contributed by atoms with Gasteiger partial charge in [0.25, 0.3) is 0 Å². The molecule has 4 rings (SSSR count). The minimum atomic E-state index is -0.408. The van der Waals surface area contributed by atoms with Gasteiger partial charge in [-0.2, -0.15) is 4.98 Å². The van der Waals surface area contributed by atoms with E-state index in [0.717, 1.165) is 0 Å². The topological polar surface area (TPSA) is 88.4 Å². The van der Waals surface area contributed by atoms with Crippen LogP contribution >= 0.6 is 34.5 Å². The highest BCUT2D eigenvalue weighted by molar-refractivity contribution is 7.15. The summed E-state index contributed by atoms with van der Waals surface area (Å²) >= 11 is 13.7. The van der Waals surface area contributed by atoms with Crippen LogP contribution in [0.3, 0.4) is 0 Å². The van der Waals surface area contributed by atoms with Gasteiger partial charge in [-0.25, -0.2) is 8.91 Å². The van der Waals surface area contributed by atoms with E-state index in [1.165, 1.54) is 35.6 Å². The summed E-state index contributed by atoms with van der Waals surface area (Å²) in [5.41, 5.74) is 1.84. The standard InChI is InChI=1S/C20H14Cl2FN5O2S/c21-11-1-6-15(22)14(9-11)16-10-31-20-26-19(27-28(16)20)25-18(30)8-7-17(29)24-13-4-2-12(23)3-5-13/h1-6,9-10H,7-8H2,(H,24,29)(H,25,27,30). The summed E-state index contributed by atoms with van der Waals surface area (Å²) in [4.78, 5) is 29.0. The lowest BCUT2D eigenvalue weighted by Crippen LogP contribution is -2.18. The number of nitrogens with zero attached hydrogens (tertiary/aromatic N) is 3. The fourth-order valence-electron chi connectivity index (χ4n) is 2.78. The molecule has 2 aromatic heterocycles. The van der Waals surface area contributed by atoms with Crippen LogP contribution in [0.1, 0.15) is 12.8 Å². The first kappa shape index (κ1) is 21.2. The largest absolute Gasteiger partial charge is 0.326 e. The Morgan fingerprint density at radius 1 is 1.03 bits per heavy atom. The zero-order chi connectivity index (χ0) is 22.0. The van der Waals surface area contributed by atoms with Crippen LogP contribution in [0.4, 0.5) is 16.0 Å². The lowest BCUT2D eigenvalue weighted by molar-refractivity contribution is -0.121. The molecule has 0 aliphatic carbocycles. The van der Waals surface area contributed by atoms with Crippen molar-refractivity contribution in [2.24, 2.45) is 0 Å². The number of fused-ring (bicyclic) bond motifs is 1. The number of halogens is 3. The molecular formula is C20H14Cl2FN5O2S. The molecule has 0 aliphatic rings. The van der Waals surface area contributed by atoms with E-state index in [1.807, 2.05) is 5.38 Å². The molecule has 7 nitrogen and oxygen atoms in total. The second-order valence-corrected chi connectivity index (χ2v) is 8.16. The van der Waals surface area contributed by atoms with Gasteiger partial charge in [0.1, 0.15) is 5.82 Å². The molecule has 0 radical (unpaired) electrons. The second-order valence-electron chi connectivity index (χ2n) is 6.48. The highest BCUT2D eigenvalue weighted by atomic mass is 35.5. The lowest BCUT2D eigenvalue weighted by atomic mass is 10.2. The Morgan fingerprint density at radius 2 is 1.74 bits per heavy atom.